The highest BCUT2D eigenvalue weighted by Gasteiger charge is 2.20. The van der Waals surface area contributed by atoms with Crippen LogP contribution in [0.2, 0.25) is 0 Å². The van der Waals surface area contributed by atoms with Gasteiger partial charge >= 0.3 is 5.97 Å². The lowest BCUT2D eigenvalue weighted by atomic mass is 10.0. The summed E-state index contributed by atoms with van der Waals surface area (Å²) in [5, 5.41) is 11.5. The molecule has 5 heteroatoms. The molecular formula is C14H18FNO3. The van der Waals surface area contributed by atoms with Crippen LogP contribution >= 0.6 is 0 Å². The highest BCUT2D eigenvalue weighted by atomic mass is 19.1. The predicted octanol–water partition coefficient (Wildman–Crippen LogP) is 1.98. The highest BCUT2D eigenvalue weighted by molar-refractivity contribution is 5.78. The third kappa shape index (κ3) is 5.07. The van der Waals surface area contributed by atoms with E-state index in [1.165, 1.54) is 12.1 Å². The van der Waals surface area contributed by atoms with Crippen LogP contribution in [0.5, 0.6) is 0 Å². The molecule has 19 heavy (non-hydrogen) atoms. The molecule has 0 saturated carbocycles. The fourth-order valence-corrected chi connectivity index (χ4v) is 1.57. The second kappa shape index (κ2) is 6.87. The maximum absolute atomic E-state index is 12.7. The first-order valence-electron chi connectivity index (χ1n) is 6.16. The van der Waals surface area contributed by atoms with Gasteiger partial charge in [0.15, 0.2) is 0 Å². The van der Waals surface area contributed by atoms with Gasteiger partial charge in [-0.1, -0.05) is 12.1 Å². The lowest BCUT2D eigenvalue weighted by molar-refractivity contribution is -0.142. The van der Waals surface area contributed by atoms with E-state index in [4.69, 9.17) is 5.11 Å². The minimum absolute atomic E-state index is 0.204. The van der Waals surface area contributed by atoms with E-state index in [0.717, 1.165) is 5.56 Å². The van der Waals surface area contributed by atoms with Gasteiger partial charge in [0, 0.05) is 12.5 Å². The number of nitrogens with one attached hydrogen (secondary N) is 1. The van der Waals surface area contributed by atoms with E-state index >= 15 is 0 Å². The second-order valence-electron chi connectivity index (χ2n) is 4.61. The standard InChI is InChI=1S/C14H18FNO3/c1-9(14(18)19)10(2)16-13(17)8-5-11-3-6-12(15)7-4-11/h3-4,6-7,9-10H,5,8H2,1-2H3,(H,16,17)(H,18,19). The van der Waals surface area contributed by atoms with Gasteiger partial charge in [-0.25, -0.2) is 4.39 Å². The number of carbonyl (C=O) groups is 2. The largest absolute Gasteiger partial charge is 0.481 e. The summed E-state index contributed by atoms with van der Waals surface area (Å²) >= 11 is 0. The molecule has 1 rings (SSSR count). The van der Waals surface area contributed by atoms with Crippen LogP contribution in [0.15, 0.2) is 24.3 Å². The minimum atomic E-state index is -0.939. The molecule has 0 radical (unpaired) electrons. The molecule has 1 amide bonds. The van der Waals surface area contributed by atoms with Crippen LogP contribution in [0.3, 0.4) is 0 Å². The molecule has 2 N–H and O–H groups in total. The van der Waals surface area contributed by atoms with Crippen LogP contribution in [0.4, 0.5) is 4.39 Å². The van der Waals surface area contributed by atoms with E-state index in [-0.39, 0.29) is 18.1 Å². The number of amides is 1. The van der Waals surface area contributed by atoms with Gasteiger partial charge in [0.05, 0.1) is 5.92 Å². The first kappa shape index (κ1) is 15.1. The van der Waals surface area contributed by atoms with Gasteiger partial charge in [0.2, 0.25) is 5.91 Å². The third-order valence-corrected chi connectivity index (χ3v) is 3.08. The van der Waals surface area contributed by atoms with Gasteiger partial charge < -0.3 is 10.4 Å². The molecule has 2 unspecified atom stereocenters. The van der Waals surface area contributed by atoms with Crippen molar-refractivity contribution in [3.8, 4) is 0 Å². The van der Waals surface area contributed by atoms with Gasteiger partial charge in [-0.15, -0.1) is 0 Å². The van der Waals surface area contributed by atoms with Crippen molar-refractivity contribution in [3.63, 3.8) is 0 Å². The molecule has 0 aliphatic heterocycles. The van der Waals surface area contributed by atoms with Crippen LogP contribution in [0.25, 0.3) is 0 Å². The highest BCUT2D eigenvalue weighted by Crippen LogP contribution is 2.07. The summed E-state index contributed by atoms with van der Waals surface area (Å²) in [6.07, 6.45) is 0.753. The predicted molar refractivity (Wildman–Crippen MR) is 69.1 cm³/mol. The van der Waals surface area contributed by atoms with Crippen molar-refractivity contribution < 1.29 is 19.1 Å². The van der Waals surface area contributed by atoms with E-state index in [0.29, 0.717) is 6.42 Å². The van der Waals surface area contributed by atoms with E-state index in [1.807, 2.05) is 0 Å². The average Bonchev–Trinajstić information content (AvgIpc) is 2.37. The molecule has 1 aromatic rings. The number of aryl methyl sites for hydroxylation is 1. The van der Waals surface area contributed by atoms with Crippen LogP contribution < -0.4 is 5.32 Å². The van der Waals surface area contributed by atoms with Crippen LogP contribution in [-0.2, 0) is 16.0 Å². The second-order valence-corrected chi connectivity index (χ2v) is 4.61. The Hall–Kier alpha value is -1.91. The number of hydrogen-bond donors (Lipinski definition) is 2. The summed E-state index contributed by atoms with van der Waals surface area (Å²) in [6, 6.07) is 5.54. The third-order valence-electron chi connectivity index (χ3n) is 3.08. The molecule has 0 aliphatic carbocycles. The number of rotatable bonds is 6. The Balaban J connectivity index is 2.39. The number of carboxylic acid groups (broad SMARTS) is 1. The minimum Gasteiger partial charge on any atom is -0.481 e. The van der Waals surface area contributed by atoms with Crippen LogP contribution in [0.1, 0.15) is 25.8 Å². The van der Waals surface area contributed by atoms with Crippen molar-refractivity contribution >= 4 is 11.9 Å². The Kier molecular flexibility index (Phi) is 5.48. The van der Waals surface area contributed by atoms with Crippen LogP contribution in [-0.4, -0.2) is 23.0 Å². The van der Waals surface area contributed by atoms with Crippen molar-refractivity contribution in [1.82, 2.24) is 5.32 Å². The Morgan fingerprint density at radius 3 is 2.37 bits per heavy atom. The molecule has 2 atom stereocenters. The van der Waals surface area contributed by atoms with Crippen molar-refractivity contribution in [3.05, 3.63) is 35.6 Å². The maximum Gasteiger partial charge on any atom is 0.308 e. The average molecular weight is 267 g/mol. The summed E-state index contributed by atoms with van der Waals surface area (Å²) in [5.74, 6) is -2.08. The number of benzene rings is 1. The Labute approximate surface area is 111 Å². The maximum atomic E-state index is 12.7. The molecule has 0 aliphatic rings. The summed E-state index contributed by atoms with van der Waals surface area (Å²) in [6.45, 7) is 3.21. The zero-order valence-electron chi connectivity index (χ0n) is 11.0. The molecule has 0 aromatic heterocycles. The lowest BCUT2D eigenvalue weighted by Crippen LogP contribution is -2.40. The number of halogens is 1. The van der Waals surface area contributed by atoms with E-state index in [9.17, 15) is 14.0 Å². The summed E-state index contributed by atoms with van der Waals surface area (Å²) in [7, 11) is 0. The Morgan fingerprint density at radius 2 is 1.84 bits per heavy atom. The molecule has 0 spiro atoms. The number of carbonyl (C=O) groups excluding carboxylic acids is 1. The lowest BCUT2D eigenvalue weighted by Gasteiger charge is -2.17. The van der Waals surface area contributed by atoms with E-state index < -0.39 is 17.9 Å². The number of carboxylic acids is 1. The van der Waals surface area contributed by atoms with Crippen LogP contribution in [0, 0.1) is 11.7 Å². The topological polar surface area (TPSA) is 66.4 Å². The van der Waals surface area contributed by atoms with E-state index in [1.54, 1.807) is 26.0 Å². The van der Waals surface area contributed by atoms with Crippen molar-refractivity contribution in [2.75, 3.05) is 0 Å². The first-order valence-corrected chi connectivity index (χ1v) is 6.16. The molecule has 0 bridgehead atoms. The van der Waals surface area contributed by atoms with Gasteiger partial charge in [-0.05, 0) is 38.0 Å². The fourth-order valence-electron chi connectivity index (χ4n) is 1.57. The van der Waals surface area contributed by atoms with Gasteiger partial charge in [-0.3, -0.25) is 9.59 Å². The number of hydrogen-bond acceptors (Lipinski definition) is 2. The van der Waals surface area contributed by atoms with E-state index in [2.05, 4.69) is 5.32 Å². The zero-order valence-corrected chi connectivity index (χ0v) is 11.0. The summed E-state index contributed by atoms with van der Waals surface area (Å²) < 4.78 is 12.7. The monoisotopic (exact) mass is 267 g/mol. The van der Waals surface area contributed by atoms with Gasteiger partial charge in [0.25, 0.3) is 0 Å². The first-order chi connectivity index (χ1) is 8.90. The molecule has 0 heterocycles. The van der Waals surface area contributed by atoms with Crippen molar-refractivity contribution in [2.45, 2.75) is 32.7 Å². The molecule has 4 nitrogen and oxygen atoms in total. The molecular weight excluding hydrogens is 249 g/mol. The SMILES string of the molecule is CC(NC(=O)CCc1ccc(F)cc1)C(C)C(=O)O. The van der Waals surface area contributed by atoms with Crippen molar-refractivity contribution in [1.29, 1.82) is 0 Å². The normalized spacial score (nSPS) is 13.6. The summed E-state index contributed by atoms with van der Waals surface area (Å²) in [5.41, 5.74) is 0.871. The van der Waals surface area contributed by atoms with Crippen molar-refractivity contribution in [2.24, 2.45) is 5.92 Å². The Bertz CT molecular complexity index is 445. The quantitative estimate of drug-likeness (QED) is 0.828. The summed E-state index contributed by atoms with van der Waals surface area (Å²) in [4.78, 5) is 22.4. The van der Waals surface area contributed by atoms with Gasteiger partial charge in [-0.2, -0.15) is 0 Å². The zero-order chi connectivity index (χ0) is 14.4. The fraction of sp³-hybridized carbons (Fsp3) is 0.429. The smallest absolute Gasteiger partial charge is 0.308 e. The number of aliphatic carboxylic acids is 1. The molecule has 1 aromatic carbocycles. The molecule has 104 valence electrons. The molecule has 0 saturated heterocycles. The molecule has 0 fully saturated rings. The Morgan fingerprint density at radius 1 is 1.26 bits per heavy atom. The van der Waals surface area contributed by atoms with Gasteiger partial charge in [0.1, 0.15) is 5.82 Å².